The SMILES string of the molecule is Cc1cccc(C(=O)N(CC#N)C(C)C)n1. The van der Waals surface area contributed by atoms with Crippen LogP contribution in [0.3, 0.4) is 0 Å². The summed E-state index contributed by atoms with van der Waals surface area (Å²) in [5, 5.41) is 8.67. The largest absolute Gasteiger partial charge is 0.322 e. The summed E-state index contributed by atoms with van der Waals surface area (Å²) < 4.78 is 0. The van der Waals surface area contributed by atoms with Crippen molar-refractivity contribution in [1.82, 2.24) is 9.88 Å². The summed E-state index contributed by atoms with van der Waals surface area (Å²) in [4.78, 5) is 17.7. The lowest BCUT2D eigenvalue weighted by Crippen LogP contribution is -2.37. The normalized spacial score (nSPS) is 9.94. The third-order valence-corrected chi connectivity index (χ3v) is 2.23. The molecule has 1 rings (SSSR count). The van der Waals surface area contributed by atoms with E-state index in [0.29, 0.717) is 5.69 Å². The lowest BCUT2D eigenvalue weighted by molar-refractivity contribution is 0.0725. The number of aryl methyl sites for hydroxylation is 1. The van der Waals surface area contributed by atoms with Gasteiger partial charge in [-0.05, 0) is 32.9 Å². The second-order valence-corrected chi connectivity index (χ2v) is 3.85. The topological polar surface area (TPSA) is 57.0 Å². The Bertz CT molecular complexity index is 421. The van der Waals surface area contributed by atoms with Crippen molar-refractivity contribution in [1.29, 1.82) is 5.26 Å². The zero-order chi connectivity index (χ0) is 12.1. The summed E-state index contributed by atoms with van der Waals surface area (Å²) in [6, 6.07) is 7.28. The van der Waals surface area contributed by atoms with Crippen molar-refractivity contribution in [3.63, 3.8) is 0 Å². The number of rotatable bonds is 3. The lowest BCUT2D eigenvalue weighted by atomic mass is 10.2. The van der Waals surface area contributed by atoms with Gasteiger partial charge in [-0.2, -0.15) is 5.26 Å². The maximum Gasteiger partial charge on any atom is 0.273 e. The number of nitrogens with zero attached hydrogens (tertiary/aromatic N) is 3. The number of carbonyl (C=O) groups excluding carboxylic acids is 1. The van der Waals surface area contributed by atoms with Crippen molar-refractivity contribution in [2.24, 2.45) is 0 Å². The van der Waals surface area contributed by atoms with E-state index in [9.17, 15) is 4.79 Å². The van der Waals surface area contributed by atoms with Crippen molar-refractivity contribution >= 4 is 5.91 Å². The standard InChI is InChI=1S/C12H15N3O/c1-9(2)15(8-7-13)12(16)11-6-4-5-10(3)14-11/h4-6,9H,8H2,1-3H3. The zero-order valence-electron chi connectivity index (χ0n) is 9.77. The molecule has 4 heteroatoms. The van der Waals surface area contributed by atoms with Gasteiger partial charge in [0, 0.05) is 11.7 Å². The van der Waals surface area contributed by atoms with E-state index in [0.717, 1.165) is 5.69 Å². The number of carbonyl (C=O) groups is 1. The Balaban J connectivity index is 2.95. The first-order chi connectivity index (χ1) is 7.56. The van der Waals surface area contributed by atoms with E-state index < -0.39 is 0 Å². The average Bonchev–Trinajstić information content (AvgIpc) is 2.24. The van der Waals surface area contributed by atoms with Gasteiger partial charge in [-0.3, -0.25) is 4.79 Å². The molecular formula is C12H15N3O. The molecule has 1 heterocycles. The van der Waals surface area contributed by atoms with Gasteiger partial charge in [0.05, 0.1) is 6.07 Å². The number of aromatic nitrogens is 1. The summed E-state index contributed by atoms with van der Waals surface area (Å²) >= 11 is 0. The highest BCUT2D eigenvalue weighted by atomic mass is 16.2. The van der Waals surface area contributed by atoms with Crippen molar-refractivity contribution in [2.45, 2.75) is 26.8 Å². The van der Waals surface area contributed by atoms with Crippen molar-refractivity contribution in [3.8, 4) is 6.07 Å². The van der Waals surface area contributed by atoms with Gasteiger partial charge in [-0.15, -0.1) is 0 Å². The fraction of sp³-hybridized carbons (Fsp3) is 0.417. The maximum absolute atomic E-state index is 12.0. The average molecular weight is 217 g/mol. The molecule has 0 atom stereocenters. The van der Waals surface area contributed by atoms with Crippen LogP contribution < -0.4 is 0 Å². The monoisotopic (exact) mass is 217 g/mol. The lowest BCUT2D eigenvalue weighted by Gasteiger charge is -2.23. The molecule has 4 nitrogen and oxygen atoms in total. The van der Waals surface area contributed by atoms with Crippen LogP contribution in [0, 0.1) is 18.3 Å². The molecule has 0 bridgehead atoms. The molecule has 1 aromatic heterocycles. The van der Waals surface area contributed by atoms with Gasteiger partial charge < -0.3 is 4.90 Å². The highest BCUT2D eigenvalue weighted by Gasteiger charge is 2.19. The predicted molar refractivity (Wildman–Crippen MR) is 60.8 cm³/mol. The van der Waals surface area contributed by atoms with E-state index in [1.54, 1.807) is 12.1 Å². The van der Waals surface area contributed by atoms with E-state index in [1.165, 1.54) is 4.90 Å². The second-order valence-electron chi connectivity index (χ2n) is 3.85. The molecule has 0 N–H and O–H groups in total. The number of hydrogen-bond acceptors (Lipinski definition) is 3. The van der Waals surface area contributed by atoms with Crippen LogP contribution >= 0.6 is 0 Å². The molecule has 0 aliphatic rings. The van der Waals surface area contributed by atoms with Crippen molar-refractivity contribution < 1.29 is 4.79 Å². The van der Waals surface area contributed by atoms with E-state index in [-0.39, 0.29) is 18.5 Å². The summed E-state index contributed by atoms with van der Waals surface area (Å²) in [6.07, 6.45) is 0. The van der Waals surface area contributed by atoms with Crippen molar-refractivity contribution in [3.05, 3.63) is 29.6 Å². The third kappa shape index (κ3) is 2.80. The van der Waals surface area contributed by atoms with Crippen LogP contribution in [0.25, 0.3) is 0 Å². The molecule has 1 aromatic rings. The minimum absolute atomic E-state index is 0.00513. The Morgan fingerprint density at radius 2 is 2.25 bits per heavy atom. The van der Waals surface area contributed by atoms with Crippen LogP contribution in [0.1, 0.15) is 30.0 Å². The van der Waals surface area contributed by atoms with Crippen LogP contribution in [-0.4, -0.2) is 28.4 Å². The van der Waals surface area contributed by atoms with Crippen LogP contribution in [0.15, 0.2) is 18.2 Å². The van der Waals surface area contributed by atoms with Crippen LogP contribution in [0.4, 0.5) is 0 Å². The van der Waals surface area contributed by atoms with E-state index >= 15 is 0 Å². The molecular weight excluding hydrogens is 202 g/mol. The van der Waals surface area contributed by atoms with Crippen molar-refractivity contribution in [2.75, 3.05) is 6.54 Å². The molecule has 0 aliphatic heterocycles. The number of nitriles is 1. The summed E-state index contributed by atoms with van der Waals surface area (Å²) in [5.41, 5.74) is 1.19. The minimum Gasteiger partial charge on any atom is -0.322 e. The Morgan fingerprint density at radius 3 is 2.75 bits per heavy atom. The number of hydrogen-bond donors (Lipinski definition) is 0. The number of amides is 1. The summed E-state index contributed by atoms with van der Waals surface area (Å²) in [7, 11) is 0. The first-order valence-electron chi connectivity index (χ1n) is 5.18. The molecule has 0 saturated carbocycles. The van der Waals surface area contributed by atoms with Gasteiger partial charge in [0.25, 0.3) is 5.91 Å². The minimum atomic E-state index is -0.194. The second kappa shape index (κ2) is 5.26. The molecule has 0 aliphatic carbocycles. The third-order valence-electron chi connectivity index (χ3n) is 2.23. The van der Waals surface area contributed by atoms with Gasteiger partial charge in [0.15, 0.2) is 0 Å². The van der Waals surface area contributed by atoms with Gasteiger partial charge >= 0.3 is 0 Å². The highest BCUT2D eigenvalue weighted by Crippen LogP contribution is 2.06. The zero-order valence-corrected chi connectivity index (χ0v) is 9.77. The molecule has 0 fully saturated rings. The Morgan fingerprint density at radius 1 is 1.56 bits per heavy atom. The molecule has 16 heavy (non-hydrogen) atoms. The van der Waals surface area contributed by atoms with Gasteiger partial charge in [0.1, 0.15) is 12.2 Å². The maximum atomic E-state index is 12.0. The first kappa shape index (κ1) is 12.2. The Hall–Kier alpha value is -1.89. The first-order valence-corrected chi connectivity index (χ1v) is 5.18. The molecule has 0 radical (unpaired) electrons. The molecule has 84 valence electrons. The van der Waals surface area contributed by atoms with Gasteiger partial charge in [-0.1, -0.05) is 6.07 Å². The van der Waals surface area contributed by atoms with Gasteiger partial charge in [-0.25, -0.2) is 4.98 Å². The van der Waals surface area contributed by atoms with Crippen LogP contribution in [0.2, 0.25) is 0 Å². The summed E-state index contributed by atoms with van der Waals surface area (Å²) in [5.74, 6) is -0.194. The van der Waals surface area contributed by atoms with E-state index in [4.69, 9.17) is 5.26 Å². The van der Waals surface area contributed by atoms with E-state index in [1.807, 2.05) is 32.9 Å². The Labute approximate surface area is 95.5 Å². The molecule has 0 aromatic carbocycles. The van der Waals surface area contributed by atoms with E-state index in [2.05, 4.69) is 4.98 Å². The highest BCUT2D eigenvalue weighted by molar-refractivity contribution is 5.92. The molecule has 0 spiro atoms. The summed E-state index contributed by atoms with van der Waals surface area (Å²) in [6.45, 7) is 5.68. The smallest absolute Gasteiger partial charge is 0.273 e. The Kier molecular flexibility index (Phi) is 4.01. The van der Waals surface area contributed by atoms with Crippen LogP contribution in [0.5, 0.6) is 0 Å². The number of pyridine rings is 1. The molecule has 0 unspecified atom stereocenters. The predicted octanol–water partition coefficient (Wildman–Crippen LogP) is 1.76. The quantitative estimate of drug-likeness (QED) is 0.725. The fourth-order valence-electron chi connectivity index (χ4n) is 1.37. The fourth-order valence-corrected chi connectivity index (χ4v) is 1.37. The van der Waals surface area contributed by atoms with Gasteiger partial charge in [0.2, 0.25) is 0 Å². The molecule has 0 saturated heterocycles. The molecule has 1 amide bonds. The van der Waals surface area contributed by atoms with Crippen LogP contribution in [-0.2, 0) is 0 Å².